The molecular formula is C18H15N3O4S. The molecule has 0 radical (unpaired) electrons. The molecule has 0 atom stereocenters. The van der Waals surface area contributed by atoms with Crippen molar-refractivity contribution in [3.63, 3.8) is 0 Å². The summed E-state index contributed by atoms with van der Waals surface area (Å²) < 4.78 is 10.8. The van der Waals surface area contributed by atoms with Crippen LogP contribution in [0.5, 0.6) is 11.5 Å². The lowest BCUT2D eigenvalue weighted by atomic mass is 10.1. The molecule has 4 rings (SSSR count). The van der Waals surface area contributed by atoms with Gasteiger partial charge >= 0.3 is 0 Å². The van der Waals surface area contributed by atoms with Gasteiger partial charge < -0.3 is 20.1 Å². The first kappa shape index (κ1) is 16.4. The van der Waals surface area contributed by atoms with Crippen molar-refractivity contribution in [1.82, 2.24) is 0 Å². The number of rotatable bonds is 4. The van der Waals surface area contributed by atoms with E-state index >= 15 is 0 Å². The van der Waals surface area contributed by atoms with Gasteiger partial charge in [0.25, 0.3) is 11.8 Å². The summed E-state index contributed by atoms with van der Waals surface area (Å²) in [6.45, 7) is -0.206. The van der Waals surface area contributed by atoms with Crippen LogP contribution in [0.4, 0.5) is 10.7 Å². The molecule has 7 nitrogen and oxygen atoms in total. The summed E-state index contributed by atoms with van der Waals surface area (Å²) in [5, 5.41) is 15.4. The van der Waals surface area contributed by atoms with Gasteiger partial charge in [0.2, 0.25) is 0 Å². The molecular weight excluding hydrogens is 354 g/mol. The van der Waals surface area contributed by atoms with Gasteiger partial charge in [0.15, 0.2) is 13.2 Å². The Labute approximate surface area is 153 Å². The van der Waals surface area contributed by atoms with E-state index in [2.05, 4.69) is 16.7 Å². The zero-order valence-corrected chi connectivity index (χ0v) is 14.6. The first-order valence-corrected chi connectivity index (χ1v) is 8.99. The molecule has 2 aromatic rings. The van der Waals surface area contributed by atoms with E-state index in [1.54, 1.807) is 18.2 Å². The van der Waals surface area contributed by atoms with Crippen LogP contribution in [-0.2, 0) is 22.4 Å². The van der Waals surface area contributed by atoms with Crippen LogP contribution < -0.4 is 20.1 Å². The quantitative estimate of drug-likeness (QED) is 0.862. The van der Waals surface area contributed by atoms with Crippen molar-refractivity contribution in [3.05, 3.63) is 34.2 Å². The van der Waals surface area contributed by atoms with Crippen molar-refractivity contribution in [2.45, 2.75) is 19.3 Å². The summed E-state index contributed by atoms with van der Waals surface area (Å²) in [6, 6.07) is 7.16. The van der Waals surface area contributed by atoms with Crippen LogP contribution in [0, 0.1) is 11.3 Å². The van der Waals surface area contributed by atoms with E-state index in [1.807, 2.05) is 0 Å². The van der Waals surface area contributed by atoms with Gasteiger partial charge in [-0.25, -0.2) is 0 Å². The third kappa shape index (κ3) is 3.09. The summed E-state index contributed by atoms with van der Waals surface area (Å²) >= 11 is 1.47. The normalized spacial score (nSPS) is 14.5. The van der Waals surface area contributed by atoms with Crippen LogP contribution in [0.3, 0.4) is 0 Å². The number of thiophene rings is 1. The van der Waals surface area contributed by atoms with Crippen LogP contribution in [0.25, 0.3) is 0 Å². The third-order valence-corrected chi connectivity index (χ3v) is 5.45. The van der Waals surface area contributed by atoms with Crippen LogP contribution in [0.15, 0.2) is 18.2 Å². The lowest BCUT2D eigenvalue weighted by Gasteiger charge is -2.18. The lowest BCUT2D eigenvalue weighted by molar-refractivity contribution is -0.119. The maximum Gasteiger partial charge on any atom is 0.262 e. The molecule has 2 heterocycles. The average Bonchev–Trinajstić information content (AvgIpc) is 3.20. The van der Waals surface area contributed by atoms with E-state index in [9.17, 15) is 14.9 Å². The molecule has 0 spiro atoms. The van der Waals surface area contributed by atoms with Crippen molar-refractivity contribution in [1.29, 1.82) is 5.26 Å². The fourth-order valence-corrected chi connectivity index (χ4v) is 4.33. The number of fused-ring (bicyclic) bond motifs is 2. The molecule has 8 heteroatoms. The van der Waals surface area contributed by atoms with Gasteiger partial charge in [0, 0.05) is 10.9 Å². The Morgan fingerprint density at radius 2 is 2.31 bits per heavy atom. The highest BCUT2D eigenvalue weighted by Crippen LogP contribution is 2.38. The second-order valence-corrected chi connectivity index (χ2v) is 7.11. The zero-order chi connectivity index (χ0) is 18.1. The molecule has 26 heavy (non-hydrogen) atoms. The number of aryl methyl sites for hydroxylation is 1. The highest BCUT2D eigenvalue weighted by molar-refractivity contribution is 7.16. The minimum atomic E-state index is -0.334. The number of carbonyl (C=O) groups excluding carboxylic acids is 2. The SMILES string of the molecule is N#Cc1c(NC(=O)COc2ccc3c(c2)NC(=O)CO3)sc2c1CCC2. The van der Waals surface area contributed by atoms with Crippen LogP contribution in [-0.4, -0.2) is 25.0 Å². The predicted octanol–water partition coefficient (Wildman–Crippen LogP) is 2.46. The van der Waals surface area contributed by atoms with E-state index in [4.69, 9.17) is 9.47 Å². The van der Waals surface area contributed by atoms with E-state index in [0.717, 1.165) is 24.8 Å². The summed E-state index contributed by atoms with van der Waals surface area (Å²) in [6.07, 6.45) is 2.92. The Hall–Kier alpha value is -3.05. The van der Waals surface area contributed by atoms with E-state index in [-0.39, 0.29) is 25.0 Å². The Morgan fingerprint density at radius 1 is 1.42 bits per heavy atom. The predicted molar refractivity (Wildman–Crippen MR) is 95.8 cm³/mol. The monoisotopic (exact) mass is 369 g/mol. The first-order chi connectivity index (χ1) is 12.6. The van der Waals surface area contributed by atoms with E-state index in [1.165, 1.54) is 16.2 Å². The number of amides is 2. The van der Waals surface area contributed by atoms with Gasteiger partial charge in [-0.05, 0) is 37.0 Å². The standard InChI is InChI=1S/C18H15N3O4S/c19-7-12-11-2-1-3-15(11)26-18(12)21-17(23)8-24-10-4-5-14-13(6-10)20-16(22)9-25-14/h4-6H,1-3,8-9H2,(H,20,22)(H,21,23). The molecule has 0 unspecified atom stereocenters. The van der Waals surface area contributed by atoms with E-state index in [0.29, 0.717) is 27.8 Å². The van der Waals surface area contributed by atoms with Crippen LogP contribution >= 0.6 is 11.3 Å². The highest BCUT2D eigenvalue weighted by atomic mass is 32.1. The topological polar surface area (TPSA) is 100 Å². The van der Waals surface area contributed by atoms with Crippen molar-refractivity contribution in [3.8, 4) is 17.6 Å². The van der Waals surface area contributed by atoms with E-state index < -0.39 is 0 Å². The maximum absolute atomic E-state index is 12.2. The number of nitrogens with one attached hydrogen (secondary N) is 2. The molecule has 1 aliphatic carbocycles. The molecule has 1 aliphatic heterocycles. The van der Waals surface area contributed by atoms with Gasteiger partial charge in [-0.15, -0.1) is 11.3 Å². The molecule has 0 saturated carbocycles. The Bertz CT molecular complexity index is 945. The minimum Gasteiger partial charge on any atom is -0.484 e. The van der Waals surface area contributed by atoms with Gasteiger partial charge in [-0.3, -0.25) is 9.59 Å². The molecule has 2 N–H and O–H groups in total. The highest BCUT2D eigenvalue weighted by Gasteiger charge is 2.23. The molecule has 0 bridgehead atoms. The number of benzene rings is 1. The zero-order valence-electron chi connectivity index (χ0n) is 13.8. The van der Waals surface area contributed by atoms with Crippen LogP contribution in [0.1, 0.15) is 22.4 Å². The van der Waals surface area contributed by atoms with Crippen molar-refractivity contribution >= 4 is 33.8 Å². The molecule has 2 aliphatic rings. The Kier molecular flexibility index (Phi) is 4.22. The van der Waals surface area contributed by atoms with Gasteiger partial charge in [-0.1, -0.05) is 0 Å². The molecule has 132 valence electrons. The summed E-state index contributed by atoms with van der Waals surface area (Å²) in [5.41, 5.74) is 2.16. The van der Waals surface area contributed by atoms with Gasteiger partial charge in [0.05, 0.1) is 11.3 Å². The number of hydrogen-bond acceptors (Lipinski definition) is 6. The molecule has 0 saturated heterocycles. The number of carbonyl (C=O) groups is 2. The van der Waals surface area contributed by atoms with Gasteiger partial charge in [0.1, 0.15) is 22.6 Å². The molecule has 1 aromatic carbocycles. The van der Waals surface area contributed by atoms with Gasteiger partial charge in [-0.2, -0.15) is 5.26 Å². The van der Waals surface area contributed by atoms with Crippen molar-refractivity contribution in [2.75, 3.05) is 23.8 Å². The largest absolute Gasteiger partial charge is 0.484 e. The first-order valence-electron chi connectivity index (χ1n) is 8.18. The number of hydrogen-bond donors (Lipinski definition) is 2. The smallest absolute Gasteiger partial charge is 0.262 e. The molecule has 0 fully saturated rings. The lowest BCUT2D eigenvalue weighted by Crippen LogP contribution is -2.25. The summed E-state index contributed by atoms with van der Waals surface area (Å²) in [7, 11) is 0. The number of anilines is 2. The van der Waals surface area contributed by atoms with Crippen molar-refractivity contribution < 1.29 is 19.1 Å². The average molecular weight is 369 g/mol. The Balaban J connectivity index is 1.40. The number of nitrogens with zero attached hydrogens (tertiary/aromatic N) is 1. The minimum absolute atomic E-state index is 0.0123. The fourth-order valence-electron chi connectivity index (χ4n) is 3.07. The van der Waals surface area contributed by atoms with Crippen molar-refractivity contribution in [2.24, 2.45) is 0 Å². The molecule has 1 aromatic heterocycles. The second-order valence-electron chi connectivity index (χ2n) is 6.00. The number of ether oxygens (including phenoxy) is 2. The number of nitriles is 1. The third-order valence-electron chi connectivity index (χ3n) is 4.24. The Morgan fingerprint density at radius 3 is 3.15 bits per heavy atom. The fraction of sp³-hybridized carbons (Fsp3) is 0.278. The maximum atomic E-state index is 12.2. The second kappa shape index (κ2) is 6.69. The van der Waals surface area contributed by atoms with Crippen LogP contribution in [0.2, 0.25) is 0 Å². The summed E-state index contributed by atoms with van der Waals surface area (Å²) in [4.78, 5) is 24.7. The summed E-state index contributed by atoms with van der Waals surface area (Å²) in [5.74, 6) is 0.439. The molecule has 2 amide bonds.